The third kappa shape index (κ3) is 4.61. The van der Waals surface area contributed by atoms with Gasteiger partial charge in [-0.3, -0.25) is 9.59 Å². The minimum Gasteiger partial charge on any atom is -0.465 e. The smallest absolute Gasteiger partial charge is 0.253 e. The van der Waals surface area contributed by atoms with E-state index < -0.39 is 0 Å². The summed E-state index contributed by atoms with van der Waals surface area (Å²) < 4.78 is 5.13. The van der Waals surface area contributed by atoms with Gasteiger partial charge in [-0.15, -0.1) is 0 Å². The second kappa shape index (κ2) is 8.49. The van der Waals surface area contributed by atoms with Gasteiger partial charge < -0.3 is 19.7 Å². The van der Waals surface area contributed by atoms with Crippen LogP contribution in [0.4, 0.5) is 5.69 Å². The SMILES string of the molecule is O=C(/C=C/c1ccco1)Nc1cccc(C(=O)N2CCC(CO)CC2)c1. The zero-order valence-electron chi connectivity index (χ0n) is 14.4. The molecule has 26 heavy (non-hydrogen) atoms. The molecule has 1 aromatic carbocycles. The molecule has 1 aromatic heterocycles. The van der Waals surface area contributed by atoms with E-state index in [1.165, 1.54) is 12.3 Å². The number of amides is 2. The second-order valence-corrected chi connectivity index (χ2v) is 6.34. The summed E-state index contributed by atoms with van der Waals surface area (Å²) in [5, 5.41) is 11.9. The maximum Gasteiger partial charge on any atom is 0.253 e. The van der Waals surface area contributed by atoms with Crippen LogP contribution in [0.3, 0.4) is 0 Å². The Morgan fingerprint density at radius 3 is 2.73 bits per heavy atom. The molecule has 2 aromatic rings. The van der Waals surface area contributed by atoms with E-state index in [-0.39, 0.29) is 24.3 Å². The molecule has 2 amide bonds. The highest BCUT2D eigenvalue weighted by atomic mass is 16.3. The van der Waals surface area contributed by atoms with Gasteiger partial charge in [0.05, 0.1) is 6.26 Å². The molecule has 0 atom stereocenters. The zero-order valence-corrected chi connectivity index (χ0v) is 14.4. The average Bonchev–Trinajstić information content (AvgIpc) is 3.20. The second-order valence-electron chi connectivity index (χ2n) is 6.34. The Bertz CT molecular complexity index is 775. The number of anilines is 1. The minimum atomic E-state index is -0.297. The van der Waals surface area contributed by atoms with Crippen LogP contribution < -0.4 is 5.32 Å². The maximum atomic E-state index is 12.6. The van der Waals surface area contributed by atoms with Gasteiger partial charge in [0.1, 0.15) is 5.76 Å². The Hall–Kier alpha value is -2.86. The van der Waals surface area contributed by atoms with Crippen LogP contribution in [-0.4, -0.2) is 41.5 Å². The fraction of sp³-hybridized carbons (Fsp3) is 0.300. The first-order valence-corrected chi connectivity index (χ1v) is 8.68. The molecule has 1 aliphatic heterocycles. The van der Waals surface area contributed by atoms with Crippen molar-refractivity contribution >= 4 is 23.6 Å². The lowest BCUT2D eigenvalue weighted by atomic mass is 9.97. The molecular formula is C20H22N2O4. The van der Waals surface area contributed by atoms with Crippen LogP contribution in [0.1, 0.15) is 29.0 Å². The number of furan rings is 1. The predicted octanol–water partition coefficient (Wildman–Crippen LogP) is 2.78. The molecule has 6 nitrogen and oxygen atoms in total. The fourth-order valence-electron chi connectivity index (χ4n) is 2.96. The van der Waals surface area contributed by atoms with Crippen molar-refractivity contribution in [1.82, 2.24) is 4.90 Å². The van der Waals surface area contributed by atoms with Gasteiger partial charge >= 0.3 is 0 Å². The molecule has 0 aliphatic carbocycles. The highest BCUT2D eigenvalue weighted by Gasteiger charge is 2.23. The van der Waals surface area contributed by atoms with Crippen molar-refractivity contribution < 1.29 is 19.1 Å². The molecule has 2 N–H and O–H groups in total. The Labute approximate surface area is 152 Å². The van der Waals surface area contributed by atoms with Gasteiger partial charge in [-0.2, -0.15) is 0 Å². The van der Waals surface area contributed by atoms with Gasteiger partial charge in [-0.1, -0.05) is 6.07 Å². The highest BCUT2D eigenvalue weighted by molar-refractivity contribution is 6.03. The van der Waals surface area contributed by atoms with Crippen molar-refractivity contribution in [2.24, 2.45) is 5.92 Å². The average molecular weight is 354 g/mol. The van der Waals surface area contributed by atoms with Crippen molar-refractivity contribution in [2.75, 3.05) is 25.0 Å². The monoisotopic (exact) mass is 354 g/mol. The molecule has 0 unspecified atom stereocenters. The molecule has 0 spiro atoms. The number of likely N-dealkylation sites (tertiary alicyclic amines) is 1. The number of rotatable bonds is 5. The van der Waals surface area contributed by atoms with Crippen LogP contribution in [0.2, 0.25) is 0 Å². The number of hydrogen-bond donors (Lipinski definition) is 2. The molecule has 0 bridgehead atoms. The number of nitrogens with zero attached hydrogens (tertiary/aromatic N) is 1. The van der Waals surface area contributed by atoms with Crippen LogP contribution in [0.25, 0.3) is 6.08 Å². The fourth-order valence-corrected chi connectivity index (χ4v) is 2.96. The molecule has 3 rings (SSSR count). The molecule has 2 heterocycles. The van der Waals surface area contributed by atoms with Crippen LogP contribution in [0.5, 0.6) is 0 Å². The van der Waals surface area contributed by atoms with Crippen LogP contribution in [0.15, 0.2) is 53.2 Å². The molecule has 6 heteroatoms. The van der Waals surface area contributed by atoms with E-state index in [0.717, 1.165) is 12.8 Å². The van der Waals surface area contributed by atoms with Gasteiger partial charge in [0, 0.05) is 37.0 Å². The number of carbonyl (C=O) groups is 2. The number of carbonyl (C=O) groups excluding carboxylic acids is 2. The Balaban J connectivity index is 1.61. The van der Waals surface area contributed by atoms with Crippen LogP contribution in [0, 0.1) is 5.92 Å². The van der Waals surface area contributed by atoms with Crippen molar-refractivity contribution in [3.8, 4) is 0 Å². The number of nitrogens with one attached hydrogen (secondary N) is 1. The Kier molecular flexibility index (Phi) is 5.86. The zero-order chi connectivity index (χ0) is 18.4. The van der Waals surface area contributed by atoms with E-state index in [1.54, 1.807) is 47.4 Å². The lowest BCUT2D eigenvalue weighted by Gasteiger charge is -2.31. The summed E-state index contributed by atoms with van der Waals surface area (Å²) in [5.41, 5.74) is 1.11. The van der Waals surface area contributed by atoms with E-state index in [4.69, 9.17) is 4.42 Å². The van der Waals surface area contributed by atoms with Crippen LogP contribution in [-0.2, 0) is 4.79 Å². The summed E-state index contributed by atoms with van der Waals surface area (Å²) in [5.74, 6) is 0.527. The van der Waals surface area contributed by atoms with Crippen LogP contribution >= 0.6 is 0 Å². The van der Waals surface area contributed by atoms with Gasteiger partial charge in [0.2, 0.25) is 5.91 Å². The minimum absolute atomic E-state index is 0.0522. The molecule has 0 saturated carbocycles. The third-order valence-electron chi connectivity index (χ3n) is 4.48. The lowest BCUT2D eigenvalue weighted by Crippen LogP contribution is -2.39. The molecule has 0 radical (unpaired) electrons. The number of benzene rings is 1. The summed E-state index contributed by atoms with van der Waals surface area (Å²) in [6, 6.07) is 10.4. The highest BCUT2D eigenvalue weighted by Crippen LogP contribution is 2.20. The Morgan fingerprint density at radius 1 is 1.23 bits per heavy atom. The Morgan fingerprint density at radius 2 is 2.04 bits per heavy atom. The van der Waals surface area contributed by atoms with Gasteiger partial charge in [-0.25, -0.2) is 0 Å². The summed E-state index contributed by atoms with van der Waals surface area (Å²) in [4.78, 5) is 26.4. The number of aliphatic hydroxyl groups is 1. The van der Waals surface area contributed by atoms with Gasteiger partial charge in [0.25, 0.3) is 5.91 Å². The van der Waals surface area contributed by atoms with E-state index >= 15 is 0 Å². The van der Waals surface area contributed by atoms with E-state index in [1.807, 2.05) is 0 Å². The first kappa shape index (κ1) is 17.9. The summed E-state index contributed by atoms with van der Waals surface area (Å²) >= 11 is 0. The summed E-state index contributed by atoms with van der Waals surface area (Å²) in [7, 11) is 0. The standard InChI is InChI=1S/C20H22N2O4/c23-14-15-8-10-22(11-9-15)20(25)16-3-1-4-17(13-16)21-19(24)7-6-18-5-2-12-26-18/h1-7,12-13,15,23H,8-11,14H2,(H,21,24)/b7-6+. The molecule has 1 fully saturated rings. The largest absolute Gasteiger partial charge is 0.465 e. The van der Waals surface area contributed by atoms with E-state index in [9.17, 15) is 14.7 Å². The molecular weight excluding hydrogens is 332 g/mol. The lowest BCUT2D eigenvalue weighted by molar-refractivity contribution is -0.111. The normalized spacial score (nSPS) is 15.3. The number of aliphatic hydroxyl groups excluding tert-OH is 1. The summed E-state index contributed by atoms with van der Waals surface area (Å²) in [6.45, 7) is 1.47. The molecule has 1 aliphatic rings. The number of hydrogen-bond acceptors (Lipinski definition) is 4. The quantitative estimate of drug-likeness (QED) is 0.809. The first-order valence-electron chi connectivity index (χ1n) is 8.68. The maximum absolute atomic E-state index is 12.6. The van der Waals surface area contributed by atoms with Crippen molar-refractivity contribution in [3.63, 3.8) is 0 Å². The first-order chi connectivity index (χ1) is 12.7. The van der Waals surface area contributed by atoms with Crippen molar-refractivity contribution in [2.45, 2.75) is 12.8 Å². The molecule has 136 valence electrons. The topological polar surface area (TPSA) is 82.8 Å². The van der Waals surface area contributed by atoms with Gasteiger partial charge in [0.15, 0.2) is 0 Å². The molecule has 1 saturated heterocycles. The predicted molar refractivity (Wildman–Crippen MR) is 98.5 cm³/mol. The van der Waals surface area contributed by atoms with Crippen molar-refractivity contribution in [1.29, 1.82) is 0 Å². The van der Waals surface area contributed by atoms with E-state index in [2.05, 4.69) is 5.32 Å². The third-order valence-corrected chi connectivity index (χ3v) is 4.48. The summed E-state index contributed by atoms with van der Waals surface area (Å²) in [6.07, 6.45) is 6.13. The number of piperidine rings is 1. The van der Waals surface area contributed by atoms with Gasteiger partial charge in [-0.05, 0) is 55.2 Å². The van der Waals surface area contributed by atoms with E-state index in [0.29, 0.717) is 30.1 Å². The van der Waals surface area contributed by atoms with Crippen molar-refractivity contribution in [3.05, 3.63) is 60.1 Å².